The summed E-state index contributed by atoms with van der Waals surface area (Å²) < 4.78 is 42.4. The van der Waals surface area contributed by atoms with Gasteiger partial charge in [0.05, 0.1) is 13.0 Å². The van der Waals surface area contributed by atoms with Crippen LogP contribution in [0.5, 0.6) is 11.5 Å². The summed E-state index contributed by atoms with van der Waals surface area (Å²) in [5, 5.41) is 0.658. The van der Waals surface area contributed by atoms with E-state index in [2.05, 4.69) is 9.72 Å². The Hall–Kier alpha value is -3.43. The Balaban J connectivity index is 1.43. The summed E-state index contributed by atoms with van der Waals surface area (Å²) in [7, 11) is 0. The van der Waals surface area contributed by atoms with Crippen molar-refractivity contribution in [3.8, 4) is 11.5 Å². The Kier molecular flexibility index (Phi) is 8.18. The zero-order valence-corrected chi connectivity index (χ0v) is 22.2. The predicted molar refractivity (Wildman–Crippen MR) is 139 cm³/mol. The maximum atomic E-state index is 13.2. The molecule has 0 radical (unpaired) electrons. The maximum Gasteiger partial charge on any atom is 0.387 e. The molecule has 2 aromatic carbocycles. The Morgan fingerprint density at radius 1 is 1.08 bits per heavy atom. The number of hydrogen-bond acceptors (Lipinski definition) is 5. The molecule has 1 aliphatic carbocycles. The van der Waals surface area contributed by atoms with Crippen LogP contribution >= 0.6 is 23.2 Å². The molecule has 39 heavy (non-hydrogen) atoms. The number of benzene rings is 2. The molecule has 0 unspecified atom stereocenters. The van der Waals surface area contributed by atoms with Crippen molar-refractivity contribution in [3.63, 3.8) is 0 Å². The number of amides is 1. The molecule has 204 valence electrons. The molecule has 1 aromatic heterocycles. The first-order chi connectivity index (χ1) is 18.8. The Bertz CT molecular complexity index is 1370. The number of ether oxygens (including phenoxy) is 3. The molecule has 1 saturated carbocycles. The third-order valence-corrected chi connectivity index (χ3v) is 7.27. The molecule has 0 spiro atoms. The Morgan fingerprint density at radius 3 is 2.54 bits per heavy atom. The van der Waals surface area contributed by atoms with Gasteiger partial charge in [0.15, 0.2) is 23.9 Å². The summed E-state index contributed by atoms with van der Waals surface area (Å²) in [5.74, 6) is -0.514. The zero-order valence-electron chi connectivity index (χ0n) is 20.7. The van der Waals surface area contributed by atoms with E-state index in [9.17, 15) is 18.4 Å². The minimum atomic E-state index is -3.04. The van der Waals surface area contributed by atoms with Gasteiger partial charge in [-0.1, -0.05) is 47.5 Å². The highest BCUT2D eigenvalue weighted by molar-refractivity contribution is 6.35. The number of H-pyrrole nitrogens is 1. The predicted octanol–water partition coefficient (Wildman–Crippen LogP) is 5.61. The molecule has 3 aromatic rings. The van der Waals surface area contributed by atoms with Crippen LogP contribution in [-0.4, -0.2) is 31.6 Å². The molecule has 11 heteroatoms. The van der Waals surface area contributed by atoms with Gasteiger partial charge in [-0.05, 0) is 48.1 Å². The average Bonchev–Trinajstić information content (AvgIpc) is 3.68. The lowest BCUT2D eigenvalue weighted by molar-refractivity contribution is -0.377. The molecule has 1 amide bonds. The number of halogens is 4. The number of nitrogens with zero attached hydrogens (tertiary/aromatic N) is 1. The number of esters is 1. The van der Waals surface area contributed by atoms with E-state index in [1.807, 2.05) is 12.1 Å². The quantitative estimate of drug-likeness (QED) is 0.277. The Labute approximate surface area is 233 Å². The molecular weight excluding hydrogens is 553 g/mol. The second kappa shape index (κ2) is 11.8. The van der Waals surface area contributed by atoms with Gasteiger partial charge < -0.3 is 19.1 Å². The minimum absolute atomic E-state index is 0.0831. The highest BCUT2D eigenvalue weighted by Crippen LogP contribution is 2.38. The lowest BCUT2D eigenvalue weighted by Gasteiger charge is -2.23. The Morgan fingerprint density at radius 2 is 1.82 bits per heavy atom. The van der Waals surface area contributed by atoms with E-state index in [4.69, 9.17) is 32.7 Å². The normalized spacial score (nSPS) is 15.3. The van der Waals surface area contributed by atoms with E-state index in [0.717, 1.165) is 18.4 Å². The van der Waals surface area contributed by atoms with Gasteiger partial charge in [-0.2, -0.15) is 8.78 Å². The molecule has 1 aliphatic heterocycles. The van der Waals surface area contributed by atoms with Crippen LogP contribution in [0, 0.1) is 5.92 Å². The van der Waals surface area contributed by atoms with E-state index >= 15 is 0 Å². The number of carbonyl (C=O) groups excluding carboxylic acids is 2. The van der Waals surface area contributed by atoms with Gasteiger partial charge in [0, 0.05) is 17.7 Å². The summed E-state index contributed by atoms with van der Waals surface area (Å²) in [4.78, 5) is 30.0. The first-order valence-corrected chi connectivity index (χ1v) is 13.2. The molecule has 2 aliphatic rings. The van der Waals surface area contributed by atoms with Crippen molar-refractivity contribution in [2.24, 2.45) is 5.92 Å². The first-order valence-electron chi connectivity index (χ1n) is 12.4. The molecule has 1 N–H and O–H groups in total. The van der Waals surface area contributed by atoms with Gasteiger partial charge in [-0.3, -0.25) is 9.59 Å². The topological polar surface area (TPSA) is 79.2 Å². The molecular formula is C28H25Cl2F2N2O5+. The van der Waals surface area contributed by atoms with E-state index in [0.29, 0.717) is 39.4 Å². The second-order valence-electron chi connectivity index (χ2n) is 9.44. The number of nitrogens with one attached hydrogen (secondary N) is 1. The van der Waals surface area contributed by atoms with Crippen LogP contribution in [0.15, 0.2) is 54.9 Å². The zero-order chi connectivity index (χ0) is 27.5. The van der Waals surface area contributed by atoms with Crippen molar-refractivity contribution in [2.75, 3.05) is 18.1 Å². The standard InChI is InChI=1S/C28H24Cl2F2N2O5/c29-20-12-33-13-21(30)19(20)11-24(38-27(36)14-34-22-4-2-1-3-17(22)10-26(34)35)18-7-8-23(39-28(31)32)25(9-18)37-15-16-5-6-16/h1-4,7-9,12-13,16,24,28H,5-6,10-11,14-15H2/p+1/t24-/m0/s1. The number of aromatic nitrogens is 1. The fourth-order valence-corrected chi connectivity index (χ4v) is 4.95. The monoisotopic (exact) mass is 577 g/mol. The smallest absolute Gasteiger partial charge is 0.387 e. The number of carbonyl (C=O) groups is 2. The number of aromatic amines is 1. The van der Waals surface area contributed by atoms with Crippen molar-refractivity contribution in [1.29, 1.82) is 0 Å². The third-order valence-electron chi connectivity index (χ3n) is 6.60. The molecule has 5 rings (SSSR count). The van der Waals surface area contributed by atoms with Gasteiger partial charge >= 0.3 is 12.6 Å². The number of alkyl halides is 2. The number of pyridine rings is 1. The van der Waals surface area contributed by atoms with Crippen LogP contribution in [0.4, 0.5) is 14.5 Å². The van der Waals surface area contributed by atoms with Crippen LogP contribution in [0.25, 0.3) is 0 Å². The SMILES string of the molecule is O=C(CN1C(=O)Cc2ccccc21)O[C@@H](Cc1c(Cl)c[nH+]cc1Cl)c1ccc(OC(F)F)c(OCC2CC2)c1. The molecule has 0 saturated heterocycles. The first kappa shape index (κ1) is 27.1. The number of hydrogen-bond donors (Lipinski definition) is 0. The largest absolute Gasteiger partial charge is 0.489 e. The lowest BCUT2D eigenvalue weighted by Crippen LogP contribution is -2.34. The molecule has 0 bridgehead atoms. The second-order valence-corrected chi connectivity index (χ2v) is 10.3. The number of para-hydroxylation sites is 1. The van der Waals surface area contributed by atoms with Crippen molar-refractivity contribution in [2.45, 2.75) is 38.4 Å². The fraction of sp³-hybridized carbons (Fsp3) is 0.321. The van der Waals surface area contributed by atoms with Gasteiger partial charge in [-0.25, -0.2) is 4.98 Å². The fourth-order valence-electron chi connectivity index (χ4n) is 4.42. The highest BCUT2D eigenvalue weighted by atomic mass is 35.5. The highest BCUT2D eigenvalue weighted by Gasteiger charge is 2.31. The average molecular weight is 578 g/mol. The van der Waals surface area contributed by atoms with Crippen molar-refractivity contribution in [3.05, 3.63) is 81.6 Å². The minimum Gasteiger partial charge on any atom is -0.489 e. The van der Waals surface area contributed by atoms with Crippen LogP contribution < -0.4 is 19.4 Å². The van der Waals surface area contributed by atoms with Crippen molar-refractivity contribution in [1.82, 2.24) is 0 Å². The summed E-state index contributed by atoms with van der Waals surface area (Å²) in [6, 6.07) is 11.6. The van der Waals surface area contributed by atoms with E-state index in [-0.39, 0.29) is 36.8 Å². The maximum absolute atomic E-state index is 13.2. The van der Waals surface area contributed by atoms with Crippen LogP contribution in [0.2, 0.25) is 10.0 Å². The number of fused-ring (bicyclic) bond motifs is 1. The molecule has 1 fully saturated rings. The summed E-state index contributed by atoms with van der Waals surface area (Å²) in [6.45, 7) is -2.98. The summed E-state index contributed by atoms with van der Waals surface area (Å²) in [6.07, 6.45) is 4.46. The lowest BCUT2D eigenvalue weighted by atomic mass is 10.0. The van der Waals surface area contributed by atoms with Gasteiger partial charge in [0.1, 0.15) is 22.7 Å². The van der Waals surface area contributed by atoms with Crippen molar-refractivity contribution >= 4 is 40.8 Å². The van der Waals surface area contributed by atoms with Crippen LogP contribution in [0.1, 0.15) is 35.6 Å². The molecule has 7 nitrogen and oxygen atoms in total. The van der Waals surface area contributed by atoms with E-state index in [1.165, 1.54) is 23.1 Å². The van der Waals surface area contributed by atoms with Gasteiger partial charge in [0.25, 0.3) is 0 Å². The van der Waals surface area contributed by atoms with Crippen molar-refractivity contribution < 1.29 is 37.6 Å². The third kappa shape index (κ3) is 6.59. The number of anilines is 1. The number of rotatable bonds is 11. The van der Waals surface area contributed by atoms with E-state index in [1.54, 1.807) is 24.5 Å². The van der Waals surface area contributed by atoms with E-state index < -0.39 is 18.7 Å². The van der Waals surface area contributed by atoms with Crippen LogP contribution in [0.3, 0.4) is 0 Å². The molecule has 1 atom stereocenters. The summed E-state index contributed by atoms with van der Waals surface area (Å²) >= 11 is 12.8. The van der Waals surface area contributed by atoms with Gasteiger partial charge in [-0.15, -0.1) is 0 Å². The molecule has 2 heterocycles. The van der Waals surface area contributed by atoms with Gasteiger partial charge in [0.2, 0.25) is 5.91 Å². The summed E-state index contributed by atoms with van der Waals surface area (Å²) in [5.41, 5.74) is 2.47. The van der Waals surface area contributed by atoms with Crippen LogP contribution in [-0.2, 0) is 27.2 Å².